The molecule has 0 unspecified atom stereocenters. The molecular weight excluding hydrogens is 260 g/mol. The molecule has 1 aromatic carbocycles. The minimum Gasteiger partial charge on any atom is -0.493 e. The number of carboxylic acid groups (broad SMARTS) is 1. The zero-order chi connectivity index (χ0) is 13.4. The average molecular weight is 274 g/mol. The minimum atomic E-state index is -0.870. The Bertz CT molecular complexity index is 643. The predicted molar refractivity (Wildman–Crippen MR) is 75.3 cm³/mol. The van der Waals surface area contributed by atoms with E-state index < -0.39 is 5.97 Å². The van der Waals surface area contributed by atoms with Gasteiger partial charge in [-0.05, 0) is 43.0 Å². The van der Waals surface area contributed by atoms with Gasteiger partial charge in [-0.2, -0.15) is 0 Å². The summed E-state index contributed by atoms with van der Waals surface area (Å²) in [5.74, 6) is 0.0562. The van der Waals surface area contributed by atoms with E-state index in [2.05, 4.69) is 6.07 Å². The van der Waals surface area contributed by atoms with Gasteiger partial charge in [-0.25, -0.2) is 4.79 Å². The summed E-state index contributed by atoms with van der Waals surface area (Å²) in [7, 11) is 0. The molecule has 1 aromatic heterocycles. The lowest BCUT2D eigenvalue weighted by molar-refractivity contribution is 0.0702. The second kappa shape index (κ2) is 4.70. The number of thiophene rings is 1. The highest BCUT2D eigenvalue weighted by molar-refractivity contribution is 7.17. The van der Waals surface area contributed by atoms with Crippen molar-refractivity contribution < 1.29 is 14.6 Å². The molecule has 0 fully saturated rings. The van der Waals surface area contributed by atoms with Crippen LogP contribution in [0.3, 0.4) is 0 Å². The first-order valence-corrected chi connectivity index (χ1v) is 7.07. The molecule has 0 saturated heterocycles. The normalized spacial score (nSPS) is 13.7. The Morgan fingerprint density at radius 3 is 3.00 bits per heavy atom. The summed E-state index contributed by atoms with van der Waals surface area (Å²) in [6.07, 6.45) is 2.07. The molecule has 0 saturated carbocycles. The van der Waals surface area contributed by atoms with E-state index in [9.17, 15) is 4.79 Å². The van der Waals surface area contributed by atoms with Crippen molar-refractivity contribution in [1.82, 2.24) is 0 Å². The Hall–Kier alpha value is -1.81. The van der Waals surface area contributed by atoms with Gasteiger partial charge in [0.2, 0.25) is 0 Å². The molecule has 4 heteroatoms. The van der Waals surface area contributed by atoms with Gasteiger partial charge in [-0.3, -0.25) is 0 Å². The standard InChI is InChI=1S/C15H14O3S/c1-9-8-12(15(16)17)19-14(9)11-6-2-4-10-5-3-7-18-13(10)11/h2,4,6,8H,3,5,7H2,1H3,(H,16,17). The maximum atomic E-state index is 11.1. The zero-order valence-corrected chi connectivity index (χ0v) is 11.4. The molecule has 2 aromatic rings. The number of para-hydroxylation sites is 1. The molecule has 0 bridgehead atoms. The lowest BCUT2D eigenvalue weighted by Crippen LogP contribution is -2.09. The molecule has 0 radical (unpaired) electrons. The average Bonchev–Trinajstić information content (AvgIpc) is 2.80. The van der Waals surface area contributed by atoms with Crippen molar-refractivity contribution in [3.63, 3.8) is 0 Å². The number of aromatic carboxylic acids is 1. The molecule has 0 atom stereocenters. The zero-order valence-electron chi connectivity index (χ0n) is 10.6. The van der Waals surface area contributed by atoms with Gasteiger partial charge in [-0.1, -0.05) is 12.1 Å². The van der Waals surface area contributed by atoms with E-state index in [-0.39, 0.29) is 0 Å². The number of benzene rings is 1. The molecule has 19 heavy (non-hydrogen) atoms. The predicted octanol–water partition coefficient (Wildman–Crippen LogP) is 3.75. The van der Waals surface area contributed by atoms with Crippen LogP contribution in [0.1, 0.15) is 27.2 Å². The van der Waals surface area contributed by atoms with Crippen LogP contribution in [-0.4, -0.2) is 17.7 Å². The summed E-state index contributed by atoms with van der Waals surface area (Å²) in [5.41, 5.74) is 3.23. The van der Waals surface area contributed by atoms with E-state index in [1.165, 1.54) is 16.9 Å². The van der Waals surface area contributed by atoms with E-state index >= 15 is 0 Å². The Morgan fingerprint density at radius 2 is 2.26 bits per heavy atom. The Balaban J connectivity index is 2.14. The SMILES string of the molecule is Cc1cc(C(=O)O)sc1-c1cccc2c1OCCC2. The first-order valence-electron chi connectivity index (χ1n) is 6.25. The van der Waals surface area contributed by atoms with Crippen LogP contribution in [0.25, 0.3) is 10.4 Å². The molecule has 98 valence electrons. The van der Waals surface area contributed by atoms with Crippen molar-refractivity contribution in [3.05, 3.63) is 40.3 Å². The van der Waals surface area contributed by atoms with Crippen molar-refractivity contribution in [3.8, 4) is 16.2 Å². The van der Waals surface area contributed by atoms with E-state index in [0.29, 0.717) is 4.88 Å². The lowest BCUT2D eigenvalue weighted by Gasteiger charge is -2.20. The molecule has 0 aliphatic carbocycles. The summed E-state index contributed by atoms with van der Waals surface area (Å²) in [4.78, 5) is 12.4. The largest absolute Gasteiger partial charge is 0.493 e. The van der Waals surface area contributed by atoms with Gasteiger partial charge in [-0.15, -0.1) is 11.3 Å². The number of hydrogen-bond acceptors (Lipinski definition) is 3. The van der Waals surface area contributed by atoms with Gasteiger partial charge >= 0.3 is 5.97 Å². The van der Waals surface area contributed by atoms with Gasteiger partial charge in [0.15, 0.2) is 0 Å². The smallest absolute Gasteiger partial charge is 0.345 e. The second-order valence-electron chi connectivity index (χ2n) is 4.67. The van der Waals surface area contributed by atoms with Crippen LogP contribution in [-0.2, 0) is 6.42 Å². The summed E-state index contributed by atoms with van der Waals surface area (Å²) >= 11 is 1.31. The highest BCUT2D eigenvalue weighted by atomic mass is 32.1. The lowest BCUT2D eigenvalue weighted by atomic mass is 10.0. The van der Waals surface area contributed by atoms with E-state index in [1.54, 1.807) is 6.07 Å². The number of hydrogen-bond donors (Lipinski definition) is 1. The highest BCUT2D eigenvalue weighted by Crippen LogP contribution is 2.41. The first-order chi connectivity index (χ1) is 9.16. The number of carboxylic acids is 1. The highest BCUT2D eigenvalue weighted by Gasteiger charge is 2.19. The van der Waals surface area contributed by atoms with E-state index in [0.717, 1.165) is 41.2 Å². The minimum absolute atomic E-state index is 0.376. The maximum Gasteiger partial charge on any atom is 0.345 e. The maximum absolute atomic E-state index is 11.1. The van der Waals surface area contributed by atoms with Crippen molar-refractivity contribution in [2.45, 2.75) is 19.8 Å². The summed E-state index contributed by atoms with van der Waals surface area (Å²) in [5, 5.41) is 9.09. The Kier molecular flexibility index (Phi) is 3.03. The molecule has 1 aliphatic rings. The van der Waals surface area contributed by atoms with Gasteiger partial charge < -0.3 is 9.84 Å². The molecule has 2 heterocycles. The number of ether oxygens (including phenoxy) is 1. The third-order valence-electron chi connectivity index (χ3n) is 3.31. The fourth-order valence-electron chi connectivity index (χ4n) is 2.42. The first kappa shape index (κ1) is 12.2. The van der Waals surface area contributed by atoms with Crippen LogP contribution in [0.4, 0.5) is 0 Å². The Morgan fingerprint density at radius 1 is 1.42 bits per heavy atom. The van der Waals surface area contributed by atoms with Crippen molar-refractivity contribution in [2.24, 2.45) is 0 Å². The molecular formula is C15H14O3S. The van der Waals surface area contributed by atoms with Crippen LogP contribution in [0, 0.1) is 6.92 Å². The van der Waals surface area contributed by atoms with Crippen LogP contribution in [0.5, 0.6) is 5.75 Å². The summed E-state index contributed by atoms with van der Waals surface area (Å²) in [6.45, 7) is 2.68. The van der Waals surface area contributed by atoms with Crippen molar-refractivity contribution >= 4 is 17.3 Å². The van der Waals surface area contributed by atoms with Gasteiger partial charge in [0.05, 0.1) is 6.61 Å². The molecule has 0 amide bonds. The van der Waals surface area contributed by atoms with Gasteiger partial charge in [0, 0.05) is 10.4 Å². The monoisotopic (exact) mass is 274 g/mol. The number of rotatable bonds is 2. The topological polar surface area (TPSA) is 46.5 Å². The summed E-state index contributed by atoms with van der Waals surface area (Å²) < 4.78 is 5.79. The van der Waals surface area contributed by atoms with Gasteiger partial charge in [0.1, 0.15) is 10.6 Å². The van der Waals surface area contributed by atoms with Crippen LogP contribution in [0.15, 0.2) is 24.3 Å². The molecule has 0 spiro atoms. The second-order valence-corrected chi connectivity index (χ2v) is 5.73. The molecule has 3 nitrogen and oxygen atoms in total. The van der Waals surface area contributed by atoms with Crippen molar-refractivity contribution in [2.75, 3.05) is 6.61 Å². The molecule has 1 N–H and O–H groups in total. The van der Waals surface area contributed by atoms with Crippen LogP contribution >= 0.6 is 11.3 Å². The van der Waals surface area contributed by atoms with E-state index in [4.69, 9.17) is 9.84 Å². The number of fused-ring (bicyclic) bond motifs is 1. The quantitative estimate of drug-likeness (QED) is 0.907. The van der Waals surface area contributed by atoms with Crippen LogP contribution in [0.2, 0.25) is 0 Å². The molecule has 1 aliphatic heterocycles. The Labute approximate surface area is 115 Å². The summed E-state index contributed by atoms with van der Waals surface area (Å²) in [6, 6.07) is 7.83. The molecule has 3 rings (SSSR count). The van der Waals surface area contributed by atoms with Crippen molar-refractivity contribution in [1.29, 1.82) is 0 Å². The van der Waals surface area contributed by atoms with Gasteiger partial charge in [0.25, 0.3) is 0 Å². The fraction of sp³-hybridized carbons (Fsp3) is 0.267. The third kappa shape index (κ3) is 2.12. The third-order valence-corrected chi connectivity index (χ3v) is 4.57. The number of aryl methyl sites for hydroxylation is 2. The van der Waals surface area contributed by atoms with E-state index in [1.807, 2.05) is 19.1 Å². The van der Waals surface area contributed by atoms with Crippen LogP contribution < -0.4 is 4.74 Å². The fourth-order valence-corrected chi connectivity index (χ4v) is 3.46. The number of carbonyl (C=O) groups is 1.